The second kappa shape index (κ2) is 2.65. The molecular formula is C8H5NO4S. The number of hydrogen-bond acceptors (Lipinski definition) is 4. The molecule has 6 heteroatoms. The van der Waals surface area contributed by atoms with E-state index in [0.717, 1.165) is 5.41 Å². The highest BCUT2D eigenvalue weighted by molar-refractivity contribution is 7.94. The van der Waals surface area contributed by atoms with Crippen molar-refractivity contribution in [3.8, 4) is 0 Å². The molecule has 0 amide bonds. The molecular weight excluding hydrogens is 206 g/mol. The molecule has 0 N–H and O–H groups in total. The first-order chi connectivity index (χ1) is 6.50. The highest BCUT2D eigenvalue weighted by Crippen LogP contribution is 2.29. The summed E-state index contributed by atoms with van der Waals surface area (Å²) in [4.78, 5) is 9.97. The van der Waals surface area contributed by atoms with Crippen molar-refractivity contribution in [2.24, 2.45) is 0 Å². The predicted octanol–water partition coefficient (Wildman–Crippen LogP) is 1.35. The Labute approximate surface area is 79.7 Å². The van der Waals surface area contributed by atoms with Crippen LogP contribution in [0.25, 0.3) is 6.08 Å². The van der Waals surface area contributed by atoms with Gasteiger partial charge in [0.2, 0.25) is 0 Å². The molecule has 1 aliphatic rings. The second-order valence-corrected chi connectivity index (χ2v) is 4.63. The summed E-state index contributed by atoms with van der Waals surface area (Å²) < 4.78 is 22.6. The summed E-state index contributed by atoms with van der Waals surface area (Å²) in [5, 5.41) is 11.4. The zero-order valence-corrected chi connectivity index (χ0v) is 7.69. The molecule has 1 heterocycles. The first-order valence-corrected chi connectivity index (χ1v) is 5.27. The molecule has 1 aromatic rings. The Morgan fingerprint density at radius 1 is 1.29 bits per heavy atom. The van der Waals surface area contributed by atoms with E-state index in [2.05, 4.69) is 0 Å². The highest BCUT2D eigenvalue weighted by Gasteiger charge is 2.22. The number of fused-ring (bicyclic) bond motifs is 1. The van der Waals surface area contributed by atoms with Crippen LogP contribution < -0.4 is 0 Å². The number of benzene rings is 1. The van der Waals surface area contributed by atoms with Crippen LogP contribution in [0, 0.1) is 10.1 Å². The summed E-state index contributed by atoms with van der Waals surface area (Å²) in [6, 6.07) is 3.68. The Morgan fingerprint density at radius 3 is 2.64 bits per heavy atom. The Hall–Kier alpha value is -1.69. The smallest absolute Gasteiger partial charge is 0.258 e. The van der Waals surface area contributed by atoms with Crippen LogP contribution in [0.15, 0.2) is 28.5 Å². The standard InChI is InChI=1S/C8H5NO4S/c10-9(11)7-1-2-8-6(5-7)3-4-14(8,12)13/h1-5H. The van der Waals surface area contributed by atoms with E-state index in [1.807, 2.05) is 0 Å². The SMILES string of the molecule is O=[N+]([O-])c1ccc2c(c1)C=CS2(=O)=O. The Bertz CT molecular complexity index is 544. The number of sulfone groups is 1. The third-order valence-electron chi connectivity index (χ3n) is 1.94. The van der Waals surface area contributed by atoms with E-state index in [1.54, 1.807) is 0 Å². The first-order valence-electron chi connectivity index (χ1n) is 3.72. The van der Waals surface area contributed by atoms with Crippen LogP contribution in [0.5, 0.6) is 0 Å². The molecule has 0 fully saturated rings. The van der Waals surface area contributed by atoms with E-state index in [1.165, 1.54) is 24.3 Å². The molecule has 0 spiro atoms. The topological polar surface area (TPSA) is 77.3 Å². The van der Waals surface area contributed by atoms with E-state index < -0.39 is 14.8 Å². The molecule has 5 nitrogen and oxygen atoms in total. The average Bonchev–Trinajstić information content (AvgIpc) is 2.42. The minimum absolute atomic E-state index is 0.106. The van der Waals surface area contributed by atoms with Crippen molar-refractivity contribution in [2.75, 3.05) is 0 Å². The average molecular weight is 211 g/mol. The number of non-ortho nitro benzene ring substituents is 1. The van der Waals surface area contributed by atoms with Gasteiger partial charge in [0.1, 0.15) is 0 Å². The Morgan fingerprint density at radius 2 is 2.00 bits per heavy atom. The van der Waals surface area contributed by atoms with Crippen LogP contribution >= 0.6 is 0 Å². The lowest BCUT2D eigenvalue weighted by Gasteiger charge is -1.97. The van der Waals surface area contributed by atoms with E-state index in [4.69, 9.17) is 0 Å². The number of nitrogens with zero attached hydrogens (tertiary/aromatic N) is 1. The van der Waals surface area contributed by atoms with Gasteiger partial charge in [-0.3, -0.25) is 10.1 Å². The summed E-state index contributed by atoms with van der Waals surface area (Å²) in [6.07, 6.45) is 1.36. The van der Waals surface area contributed by atoms with Crippen molar-refractivity contribution < 1.29 is 13.3 Å². The van der Waals surface area contributed by atoms with Gasteiger partial charge in [-0.1, -0.05) is 0 Å². The summed E-state index contributed by atoms with van der Waals surface area (Å²) in [6.45, 7) is 0. The van der Waals surface area contributed by atoms with Gasteiger partial charge in [-0.15, -0.1) is 0 Å². The Kier molecular flexibility index (Phi) is 1.68. The molecule has 0 atom stereocenters. The summed E-state index contributed by atoms with van der Waals surface area (Å²) in [5.74, 6) is 0. The second-order valence-electron chi connectivity index (χ2n) is 2.83. The number of hydrogen-bond donors (Lipinski definition) is 0. The van der Waals surface area contributed by atoms with Crippen LogP contribution in [0.3, 0.4) is 0 Å². The molecule has 0 radical (unpaired) electrons. The predicted molar refractivity (Wildman–Crippen MR) is 49.3 cm³/mol. The molecule has 0 saturated heterocycles. The van der Waals surface area contributed by atoms with Gasteiger partial charge in [-0.2, -0.15) is 0 Å². The zero-order valence-electron chi connectivity index (χ0n) is 6.88. The van der Waals surface area contributed by atoms with Gasteiger partial charge in [0, 0.05) is 23.1 Å². The number of nitro groups is 1. The highest BCUT2D eigenvalue weighted by atomic mass is 32.2. The zero-order chi connectivity index (χ0) is 10.3. The van der Waals surface area contributed by atoms with Crippen LogP contribution in [0.4, 0.5) is 5.69 Å². The molecule has 0 saturated carbocycles. The van der Waals surface area contributed by atoms with Crippen molar-refractivity contribution in [3.63, 3.8) is 0 Å². The quantitative estimate of drug-likeness (QED) is 0.519. The lowest BCUT2D eigenvalue weighted by molar-refractivity contribution is -0.384. The van der Waals surface area contributed by atoms with Crippen LogP contribution in [0.1, 0.15) is 5.56 Å². The van der Waals surface area contributed by atoms with E-state index in [9.17, 15) is 18.5 Å². The molecule has 0 bridgehead atoms. The van der Waals surface area contributed by atoms with Crippen LogP contribution in [-0.4, -0.2) is 13.3 Å². The third-order valence-corrected chi connectivity index (χ3v) is 3.42. The Balaban J connectivity index is 2.66. The van der Waals surface area contributed by atoms with Gasteiger partial charge in [-0.25, -0.2) is 8.42 Å². The molecule has 72 valence electrons. The van der Waals surface area contributed by atoms with Gasteiger partial charge in [0.25, 0.3) is 5.69 Å². The lowest BCUT2D eigenvalue weighted by Crippen LogP contribution is -1.94. The lowest BCUT2D eigenvalue weighted by atomic mass is 10.2. The number of nitro benzene ring substituents is 1. The molecule has 2 rings (SSSR count). The molecule has 0 aromatic heterocycles. The maximum absolute atomic E-state index is 11.3. The number of rotatable bonds is 1. The van der Waals surface area contributed by atoms with Crippen LogP contribution in [0.2, 0.25) is 0 Å². The van der Waals surface area contributed by atoms with Gasteiger partial charge in [-0.05, 0) is 12.1 Å². The summed E-state index contributed by atoms with van der Waals surface area (Å²) >= 11 is 0. The maximum atomic E-state index is 11.3. The van der Waals surface area contributed by atoms with E-state index in [-0.39, 0.29) is 10.6 Å². The summed E-state index contributed by atoms with van der Waals surface area (Å²) in [7, 11) is -3.35. The monoisotopic (exact) mass is 211 g/mol. The van der Waals surface area contributed by atoms with Crippen molar-refractivity contribution >= 4 is 21.6 Å². The van der Waals surface area contributed by atoms with Gasteiger partial charge in [0.05, 0.1) is 9.82 Å². The molecule has 1 aromatic carbocycles. The third kappa shape index (κ3) is 1.20. The van der Waals surface area contributed by atoms with Crippen molar-refractivity contribution in [1.29, 1.82) is 0 Å². The molecule has 0 aliphatic carbocycles. The van der Waals surface area contributed by atoms with E-state index in [0.29, 0.717) is 5.56 Å². The van der Waals surface area contributed by atoms with Gasteiger partial charge < -0.3 is 0 Å². The fraction of sp³-hybridized carbons (Fsp3) is 0. The fourth-order valence-electron chi connectivity index (χ4n) is 1.27. The maximum Gasteiger partial charge on any atom is 0.270 e. The fourth-order valence-corrected chi connectivity index (χ4v) is 2.46. The van der Waals surface area contributed by atoms with Crippen molar-refractivity contribution in [3.05, 3.63) is 39.3 Å². The molecule has 14 heavy (non-hydrogen) atoms. The largest absolute Gasteiger partial charge is 0.270 e. The van der Waals surface area contributed by atoms with Crippen LogP contribution in [-0.2, 0) is 9.84 Å². The normalized spacial score (nSPS) is 16.6. The summed E-state index contributed by atoms with van der Waals surface area (Å²) in [5.41, 5.74) is 0.268. The molecule has 1 aliphatic heterocycles. The van der Waals surface area contributed by atoms with Gasteiger partial charge in [0.15, 0.2) is 9.84 Å². The minimum Gasteiger partial charge on any atom is -0.258 e. The van der Waals surface area contributed by atoms with Gasteiger partial charge >= 0.3 is 0 Å². The van der Waals surface area contributed by atoms with Crippen molar-refractivity contribution in [1.82, 2.24) is 0 Å². The molecule has 0 unspecified atom stereocenters. The minimum atomic E-state index is -3.35. The van der Waals surface area contributed by atoms with E-state index >= 15 is 0 Å². The first kappa shape index (κ1) is 8.89. The van der Waals surface area contributed by atoms with Crippen molar-refractivity contribution in [2.45, 2.75) is 4.90 Å².